The van der Waals surface area contributed by atoms with Crippen LogP contribution in [0.1, 0.15) is 32.6 Å². The molecule has 4 rings (SSSR count). The zero-order chi connectivity index (χ0) is 28.2. The number of aryl methyl sites for hydroxylation is 1. The number of carbonyl (C=O) groups excluding carboxylic acids is 1. The van der Waals surface area contributed by atoms with Crippen LogP contribution in [-0.4, -0.2) is 68.5 Å². The Morgan fingerprint density at radius 3 is 2.16 bits per heavy atom. The maximum atomic E-state index is 15.3. The molecule has 2 aromatic rings. The molecule has 2 aliphatic rings. The van der Waals surface area contributed by atoms with E-state index in [4.69, 9.17) is 4.74 Å². The molecular weight excluding hydrogens is 521 g/mol. The summed E-state index contributed by atoms with van der Waals surface area (Å²) in [4.78, 5) is 17.5. The number of hydrogen-bond acceptors (Lipinski definition) is 5. The molecule has 38 heavy (non-hydrogen) atoms. The molecule has 5 nitrogen and oxygen atoms in total. The van der Waals surface area contributed by atoms with Crippen LogP contribution in [0, 0.1) is 18.7 Å². The number of carbonyl (C=O) groups is 1. The number of rotatable bonds is 5. The van der Waals surface area contributed by atoms with Crippen LogP contribution in [0.15, 0.2) is 24.3 Å². The van der Waals surface area contributed by atoms with Crippen molar-refractivity contribution in [2.24, 2.45) is 5.92 Å². The van der Waals surface area contributed by atoms with Crippen LogP contribution >= 0.6 is 0 Å². The van der Waals surface area contributed by atoms with Gasteiger partial charge >= 0.3 is 12.4 Å². The summed E-state index contributed by atoms with van der Waals surface area (Å²) in [6.07, 6.45) is -12.8. The van der Waals surface area contributed by atoms with Crippen molar-refractivity contribution in [2.75, 3.05) is 45.2 Å². The number of piperazine rings is 1. The molecule has 0 radical (unpaired) electrons. The Morgan fingerprint density at radius 2 is 1.61 bits per heavy atom. The molecule has 1 unspecified atom stereocenters. The number of benzene rings is 2. The number of halogens is 7. The van der Waals surface area contributed by atoms with E-state index >= 15 is 4.39 Å². The number of Topliss-reactive ketones (excluding diaryl/α,β-unsaturated/α-hetero) is 1. The van der Waals surface area contributed by atoms with Gasteiger partial charge in [-0.15, -0.1) is 0 Å². The number of ketones is 1. The fourth-order valence-corrected chi connectivity index (χ4v) is 5.20. The van der Waals surface area contributed by atoms with Gasteiger partial charge in [-0.3, -0.25) is 4.79 Å². The molecule has 1 aliphatic carbocycles. The highest BCUT2D eigenvalue weighted by Crippen LogP contribution is 2.51. The van der Waals surface area contributed by atoms with Crippen molar-refractivity contribution in [1.82, 2.24) is 4.90 Å². The highest BCUT2D eigenvalue weighted by atomic mass is 19.4. The fraction of sp³-hybridized carbons (Fsp3) is 0.500. The Labute approximate surface area is 214 Å². The first kappa shape index (κ1) is 28.2. The molecule has 1 N–H and O–H groups in total. The standard InChI is InChI=1S/C26H27F7N2O3/c1-14-8-16(22(27)19(9-14)24(37,25(28,29)30)26(31,32)33)11-17-10-15-12-20(35-6-4-34(2)5-7-35)21(38-3)13-18(15)23(17)36/h8-9,12-13,17,37H,4-7,10-11H2,1-3H3. The SMILES string of the molecule is COc1cc2c(cc1N1CCN(C)CC1)CC(Cc1cc(C)cc(C(O)(C(F)(F)F)C(F)(F)F)c1F)C2=O. The van der Waals surface area contributed by atoms with Gasteiger partial charge in [0.2, 0.25) is 0 Å². The number of anilines is 1. The third-order valence-corrected chi connectivity index (χ3v) is 7.32. The van der Waals surface area contributed by atoms with Gasteiger partial charge in [-0.05, 0) is 56.1 Å². The molecule has 0 saturated carbocycles. The van der Waals surface area contributed by atoms with Crippen LogP contribution in [0.25, 0.3) is 0 Å². The molecule has 1 heterocycles. The van der Waals surface area contributed by atoms with Crippen molar-refractivity contribution in [1.29, 1.82) is 0 Å². The van der Waals surface area contributed by atoms with Gasteiger partial charge in [-0.1, -0.05) is 11.6 Å². The van der Waals surface area contributed by atoms with Crippen molar-refractivity contribution >= 4 is 11.5 Å². The van der Waals surface area contributed by atoms with Crippen LogP contribution in [-0.2, 0) is 18.4 Å². The van der Waals surface area contributed by atoms with Gasteiger partial charge in [0.05, 0.1) is 12.8 Å². The van der Waals surface area contributed by atoms with E-state index in [9.17, 15) is 36.2 Å². The maximum Gasteiger partial charge on any atom is 0.430 e. The minimum Gasteiger partial charge on any atom is -0.495 e. The summed E-state index contributed by atoms with van der Waals surface area (Å²) in [6.45, 7) is 4.28. The average Bonchev–Trinajstić information content (AvgIpc) is 3.13. The van der Waals surface area contributed by atoms with Crippen LogP contribution in [0.2, 0.25) is 0 Å². The van der Waals surface area contributed by atoms with E-state index in [1.165, 1.54) is 14.0 Å². The monoisotopic (exact) mass is 548 g/mol. The molecule has 0 amide bonds. The van der Waals surface area contributed by atoms with Gasteiger partial charge in [0.1, 0.15) is 11.6 Å². The largest absolute Gasteiger partial charge is 0.495 e. The Kier molecular flexibility index (Phi) is 7.19. The van der Waals surface area contributed by atoms with Crippen LogP contribution in [0.5, 0.6) is 5.75 Å². The van der Waals surface area contributed by atoms with Crippen LogP contribution < -0.4 is 9.64 Å². The van der Waals surface area contributed by atoms with Gasteiger partial charge in [0.15, 0.2) is 5.78 Å². The number of ether oxygens (including phenoxy) is 1. The lowest BCUT2D eigenvalue weighted by Crippen LogP contribution is -2.54. The third-order valence-electron chi connectivity index (χ3n) is 7.32. The highest BCUT2D eigenvalue weighted by Gasteiger charge is 2.72. The lowest BCUT2D eigenvalue weighted by atomic mass is 9.86. The second kappa shape index (κ2) is 9.71. The summed E-state index contributed by atoms with van der Waals surface area (Å²) in [6, 6.07) is 4.81. The van der Waals surface area contributed by atoms with Gasteiger partial charge in [0, 0.05) is 43.2 Å². The number of aliphatic hydroxyl groups is 1. The summed E-state index contributed by atoms with van der Waals surface area (Å²) < 4.78 is 101. The third kappa shape index (κ3) is 4.72. The molecule has 2 aromatic carbocycles. The minimum atomic E-state index is -6.23. The molecule has 1 atom stereocenters. The fourth-order valence-electron chi connectivity index (χ4n) is 5.20. The number of methoxy groups -OCH3 is 1. The number of fused-ring (bicyclic) bond motifs is 1. The number of alkyl halides is 6. The first-order valence-electron chi connectivity index (χ1n) is 11.9. The van der Waals surface area contributed by atoms with Gasteiger partial charge in [-0.25, -0.2) is 4.39 Å². The van der Waals surface area contributed by atoms with E-state index < -0.39 is 53.0 Å². The molecule has 0 aromatic heterocycles. The van der Waals surface area contributed by atoms with Crippen molar-refractivity contribution in [2.45, 2.75) is 37.7 Å². The molecule has 0 bridgehead atoms. The lowest BCUT2D eigenvalue weighted by molar-refractivity contribution is -0.377. The maximum absolute atomic E-state index is 15.3. The predicted octanol–water partition coefficient (Wildman–Crippen LogP) is 4.80. The van der Waals surface area contributed by atoms with E-state index in [-0.39, 0.29) is 12.0 Å². The Morgan fingerprint density at radius 1 is 1.00 bits per heavy atom. The zero-order valence-electron chi connectivity index (χ0n) is 20.9. The lowest BCUT2D eigenvalue weighted by Gasteiger charge is -2.35. The summed E-state index contributed by atoms with van der Waals surface area (Å²) in [5, 5.41) is 9.79. The predicted molar refractivity (Wildman–Crippen MR) is 125 cm³/mol. The summed E-state index contributed by atoms with van der Waals surface area (Å²) in [7, 11) is 3.46. The van der Waals surface area contributed by atoms with Crippen molar-refractivity contribution < 1.29 is 45.4 Å². The van der Waals surface area contributed by atoms with Crippen molar-refractivity contribution in [3.05, 3.63) is 57.9 Å². The molecule has 1 aliphatic heterocycles. The van der Waals surface area contributed by atoms with E-state index in [2.05, 4.69) is 9.80 Å². The van der Waals surface area contributed by atoms with E-state index in [1.807, 2.05) is 13.1 Å². The Bertz CT molecular complexity index is 1220. The molecule has 1 saturated heterocycles. The number of nitrogens with zero attached hydrogens (tertiary/aromatic N) is 2. The summed E-state index contributed by atoms with van der Waals surface area (Å²) >= 11 is 0. The van der Waals surface area contributed by atoms with Gasteiger partial charge in [-0.2, -0.15) is 26.3 Å². The molecule has 208 valence electrons. The zero-order valence-corrected chi connectivity index (χ0v) is 20.9. The molecular formula is C26H27F7N2O3. The minimum absolute atomic E-state index is 0.120. The van der Waals surface area contributed by atoms with Gasteiger partial charge < -0.3 is 19.6 Å². The Balaban J connectivity index is 1.68. The number of likely N-dealkylation sites (N-methyl/N-ethyl adjacent to an activating group) is 1. The summed E-state index contributed by atoms with van der Waals surface area (Å²) in [5.41, 5.74) is -6.23. The quantitative estimate of drug-likeness (QED) is 0.544. The molecule has 1 fully saturated rings. The van der Waals surface area contributed by atoms with Crippen molar-refractivity contribution in [3.63, 3.8) is 0 Å². The summed E-state index contributed by atoms with van der Waals surface area (Å²) in [5.74, 6) is -2.70. The Hall–Kier alpha value is -2.86. The van der Waals surface area contributed by atoms with E-state index in [0.717, 1.165) is 37.9 Å². The topological polar surface area (TPSA) is 53.0 Å². The van der Waals surface area contributed by atoms with Crippen molar-refractivity contribution in [3.8, 4) is 5.75 Å². The molecule has 12 heteroatoms. The second-order valence-electron chi connectivity index (χ2n) is 9.93. The first-order chi connectivity index (χ1) is 17.6. The van der Waals surface area contributed by atoms with E-state index in [0.29, 0.717) is 22.9 Å². The highest BCUT2D eigenvalue weighted by molar-refractivity contribution is 6.03. The van der Waals surface area contributed by atoms with Crippen LogP contribution in [0.3, 0.4) is 0 Å². The molecule has 0 spiro atoms. The second-order valence-corrected chi connectivity index (χ2v) is 9.93. The first-order valence-corrected chi connectivity index (χ1v) is 11.9. The van der Waals surface area contributed by atoms with Gasteiger partial charge in [0.25, 0.3) is 5.60 Å². The smallest absolute Gasteiger partial charge is 0.430 e. The average molecular weight is 548 g/mol. The number of hydrogen-bond donors (Lipinski definition) is 1. The normalized spacial score (nSPS) is 19.2. The van der Waals surface area contributed by atoms with E-state index in [1.54, 1.807) is 6.07 Å². The van der Waals surface area contributed by atoms with Crippen LogP contribution in [0.4, 0.5) is 36.4 Å².